The van der Waals surface area contributed by atoms with Crippen molar-refractivity contribution in [1.29, 1.82) is 0 Å². The largest absolute Gasteiger partial charge is 0.368 e. The van der Waals surface area contributed by atoms with Crippen LogP contribution in [-0.2, 0) is 9.53 Å². The van der Waals surface area contributed by atoms with Crippen molar-refractivity contribution in [3.05, 3.63) is 29.8 Å². The molecule has 98 valence electrons. The monoisotopic (exact) mass is 247 g/mol. The Morgan fingerprint density at radius 2 is 2.33 bits per heavy atom. The van der Waals surface area contributed by atoms with E-state index in [1.165, 1.54) is 5.56 Å². The van der Waals surface area contributed by atoms with Gasteiger partial charge in [-0.15, -0.1) is 0 Å². The minimum absolute atomic E-state index is 0.111. The van der Waals surface area contributed by atoms with Gasteiger partial charge in [0.05, 0.1) is 0 Å². The van der Waals surface area contributed by atoms with E-state index in [-0.39, 0.29) is 12.0 Å². The number of hydrogen-bond acceptors (Lipinski definition) is 2. The topological polar surface area (TPSA) is 29.5 Å². The van der Waals surface area contributed by atoms with Crippen LogP contribution in [-0.4, -0.2) is 25.2 Å². The van der Waals surface area contributed by atoms with E-state index in [4.69, 9.17) is 4.74 Å². The number of benzene rings is 1. The van der Waals surface area contributed by atoms with Crippen molar-refractivity contribution in [2.75, 3.05) is 18.1 Å². The molecule has 1 fully saturated rings. The Balaban J connectivity index is 2.19. The quantitative estimate of drug-likeness (QED) is 0.818. The van der Waals surface area contributed by atoms with E-state index < -0.39 is 0 Å². The molecule has 0 aliphatic carbocycles. The van der Waals surface area contributed by atoms with Gasteiger partial charge >= 0.3 is 0 Å². The summed E-state index contributed by atoms with van der Waals surface area (Å²) in [6, 6.07) is 8.10. The molecule has 1 amide bonds. The molecule has 1 aromatic rings. The number of anilines is 1. The maximum atomic E-state index is 12.4. The summed E-state index contributed by atoms with van der Waals surface area (Å²) < 4.78 is 5.50. The van der Waals surface area contributed by atoms with Crippen LogP contribution in [0.15, 0.2) is 24.3 Å². The summed E-state index contributed by atoms with van der Waals surface area (Å²) in [5.74, 6) is 0.111. The first-order chi connectivity index (χ1) is 8.72. The van der Waals surface area contributed by atoms with Crippen molar-refractivity contribution in [3.63, 3.8) is 0 Å². The number of carbonyl (C=O) groups excluding carboxylic acids is 1. The smallest absolute Gasteiger partial charge is 0.256 e. The summed E-state index contributed by atoms with van der Waals surface area (Å²) in [4.78, 5) is 14.3. The molecule has 18 heavy (non-hydrogen) atoms. The Bertz CT molecular complexity index is 411. The Morgan fingerprint density at radius 1 is 1.50 bits per heavy atom. The van der Waals surface area contributed by atoms with Crippen molar-refractivity contribution in [1.82, 2.24) is 0 Å². The fraction of sp³-hybridized carbons (Fsp3) is 0.533. The van der Waals surface area contributed by atoms with Crippen LogP contribution in [0, 0.1) is 6.92 Å². The van der Waals surface area contributed by atoms with E-state index in [9.17, 15) is 4.79 Å². The average molecular weight is 247 g/mol. The van der Waals surface area contributed by atoms with Gasteiger partial charge in [0.1, 0.15) is 6.10 Å². The molecule has 1 atom stereocenters. The van der Waals surface area contributed by atoms with Crippen LogP contribution >= 0.6 is 0 Å². The molecule has 1 unspecified atom stereocenters. The molecule has 0 saturated carbocycles. The van der Waals surface area contributed by atoms with Gasteiger partial charge in [0.15, 0.2) is 0 Å². The van der Waals surface area contributed by atoms with Crippen molar-refractivity contribution in [2.45, 2.75) is 39.2 Å². The van der Waals surface area contributed by atoms with Gasteiger partial charge in [-0.05, 0) is 43.9 Å². The number of hydrogen-bond donors (Lipinski definition) is 0. The molecule has 1 aliphatic heterocycles. The van der Waals surface area contributed by atoms with Gasteiger partial charge < -0.3 is 9.64 Å². The Morgan fingerprint density at radius 3 is 2.94 bits per heavy atom. The molecular weight excluding hydrogens is 226 g/mol. The second-order valence-electron chi connectivity index (χ2n) is 4.83. The normalized spacial score (nSPS) is 18.9. The second-order valence-corrected chi connectivity index (χ2v) is 4.83. The summed E-state index contributed by atoms with van der Waals surface area (Å²) in [5.41, 5.74) is 2.16. The van der Waals surface area contributed by atoms with Crippen LogP contribution in [0.4, 0.5) is 5.69 Å². The molecule has 0 radical (unpaired) electrons. The zero-order valence-corrected chi connectivity index (χ0v) is 11.2. The summed E-state index contributed by atoms with van der Waals surface area (Å²) in [5, 5.41) is 0. The minimum Gasteiger partial charge on any atom is -0.368 e. The fourth-order valence-electron chi connectivity index (χ4n) is 2.33. The van der Waals surface area contributed by atoms with Crippen molar-refractivity contribution in [3.8, 4) is 0 Å². The Hall–Kier alpha value is -1.35. The highest BCUT2D eigenvalue weighted by molar-refractivity contribution is 5.96. The lowest BCUT2D eigenvalue weighted by atomic mass is 10.1. The van der Waals surface area contributed by atoms with E-state index in [2.05, 4.69) is 13.0 Å². The van der Waals surface area contributed by atoms with Gasteiger partial charge in [0.25, 0.3) is 5.91 Å². The number of amides is 1. The van der Waals surface area contributed by atoms with Crippen LogP contribution in [0.1, 0.15) is 31.7 Å². The highest BCUT2D eigenvalue weighted by Gasteiger charge is 2.28. The zero-order chi connectivity index (χ0) is 13.0. The molecular formula is C15H21NO2. The van der Waals surface area contributed by atoms with Gasteiger partial charge in [-0.25, -0.2) is 0 Å². The second kappa shape index (κ2) is 6.01. The Labute approximate surface area is 109 Å². The number of carbonyl (C=O) groups is 1. The molecule has 1 saturated heterocycles. The average Bonchev–Trinajstić information content (AvgIpc) is 2.89. The van der Waals surface area contributed by atoms with Crippen LogP contribution in [0.25, 0.3) is 0 Å². The zero-order valence-electron chi connectivity index (χ0n) is 11.2. The first-order valence-corrected chi connectivity index (χ1v) is 6.72. The predicted octanol–water partition coefficient (Wildman–Crippen LogP) is 2.92. The molecule has 0 aromatic heterocycles. The number of aryl methyl sites for hydroxylation is 1. The van der Waals surface area contributed by atoms with Gasteiger partial charge in [-0.2, -0.15) is 0 Å². The van der Waals surface area contributed by atoms with Crippen molar-refractivity contribution in [2.24, 2.45) is 0 Å². The van der Waals surface area contributed by atoms with Crippen LogP contribution < -0.4 is 4.90 Å². The third-order valence-corrected chi connectivity index (χ3v) is 3.23. The summed E-state index contributed by atoms with van der Waals surface area (Å²) >= 11 is 0. The fourth-order valence-corrected chi connectivity index (χ4v) is 2.33. The molecule has 0 bridgehead atoms. The van der Waals surface area contributed by atoms with Crippen molar-refractivity contribution >= 4 is 11.6 Å². The maximum absolute atomic E-state index is 12.4. The molecule has 1 aliphatic rings. The van der Waals surface area contributed by atoms with Gasteiger partial charge in [0, 0.05) is 18.8 Å². The van der Waals surface area contributed by atoms with Gasteiger partial charge in [-0.3, -0.25) is 4.79 Å². The van der Waals surface area contributed by atoms with Gasteiger partial charge in [-0.1, -0.05) is 19.1 Å². The number of rotatable bonds is 4. The third kappa shape index (κ3) is 2.91. The van der Waals surface area contributed by atoms with Crippen LogP contribution in [0.2, 0.25) is 0 Å². The van der Waals surface area contributed by atoms with E-state index in [1.807, 2.05) is 30.0 Å². The lowest BCUT2D eigenvalue weighted by Crippen LogP contribution is -2.39. The molecule has 1 aromatic carbocycles. The molecule has 0 spiro atoms. The lowest BCUT2D eigenvalue weighted by molar-refractivity contribution is -0.127. The summed E-state index contributed by atoms with van der Waals surface area (Å²) in [6.45, 7) is 5.60. The first kappa shape index (κ1) is 13.1. The van der Waals surface area contributed by atoms with Gasteiger partial charge in [0.2, 0.25) is 0 Å². The minimum atomic E-state index is -0.239. The molecule has 2 rings (SSSR count). The van der Waals surface area contributed by atoms with E-state index >= 15 is 0 Å². The summed E-state index contributed by atoms with van der Waals surface area (Å²) in [7, 11) is 0. The van der Waals surface area contributed by atoms with Crippen LogP contribution in [0.5, 0.6) is 0 Å². The molecule has 3 nitrogen and oxygen atoms in total. The van der Waals surface area contributed by atoms with E-state index in [0.717, 1.165) is 31.5 Å². The highest BCUT2D eigenvalue weighted by Crippen LogP contribution is 2.21. The van der Waals surface area contributed by atoms with Crippen molar-refractivity contribution < 1.29 is 9.53 Å². The number of nitrogens with zero attached hydrogens (tertiary/aromatic N) is 1. The maximum Gasteiger partial charge on any atom is 0.256 e. The van der Waals surface area contributed by atoms with E-state index in [1.54, 1.807) is 0 Å². The standard InChI is InChI=1S/C15H21NO2/c1-3-9-16(13-7-4-6-12(2)11-13)15(17)14-8-5-10-18-14/h4,6-7,11,14H,3,5,8-10H2,1-2H3. The summed E-state index contributed by atoms with van der Waals surface area (Å²) in [6.07, 6.45) is 2.55. The lowest BCUT2D eigenvalue weighted by Gasteiger charge is -2.25. The predicted molar refractivity (Wildman–Crippen MR) is 72.8 cm³/mol. The SMILES string of the molecule is CCCN(C(=O)C1CCCO1)c1cccc(C)c1. The third-order valence-electron chi connectivity index (χ3n) is 3.23. The van der Waals surface area contributed by atoms with Crippen LogP contribution in [0.3, 0.4) is 0 Å². The molecule has 1 heterocycles. The number of ether oxygens (including phenoxy) is 1. The Kier molecular flexibility index (Phi) is 4.37. The first-order valence-electron chi connectivity index (χ1n) is 6.72. The molecule has 3 heteroatoms. The van der Waals surface area contributed by atoms with E-state index in [0.29, 0.717) is 6.61 Å². The highest BCUT2D eigenvalue weighted by atomic mass is 16.5. The molecule has 0 N–H and O–H groups in total.